The Morgan fingerprint density at radius 2 is 1.84 bits per heavy atom. The van der Waals surface area contributed by atoms with E-state index < -0.39 is 0 Å². The molecule has 0 spiro atoms. The Morgan fingerprint density at radius 3 is 2.65 bits per heavy atom. The summed E-state index contributed by atoms with van der Waals surface area (Å²) in [6, 6.07) is 0.821. The van der Waals surface area contributed by atoms with Crippen molar-refractivity contribution in [3.05, 3.63) is 0 Å². The number of amides is 1. The van der Waals surface area contributed by atoms with Gasteiger partial charge in [-0.05, 0) is 68.1 Å². The van der Waals surface area contributed by atoms with Crippen LogP contribution in [0.3, 0.4) is 0 Å². The van der Waals surface area contributed by atoms with E-state index in [9.17, 15) is 4.79 Å². The molecule has 176 valence electrons. The zero-order valence-corrected chi connectivity index (χ0v) is 20.2. The first-order valence-corrected chi connectivity index (χ1v) is 13.9. The molecule has 5 fully saturated rings. The zero-order valence-electron chi connectivity index (χ0n) is 18.6. The van der Waals surface area contributed by atoms with Crippen LogP contribution in [0.25, 0.3) is 0 Å². The normalized spacial score (nSPS) is 46.6. The van der Waals surface area contributed by atoms with Crippen molar-refractivity contribution in [2.24, 2.45) is 23.7 Å². The Morgan fingerprint density at radius 1 is 1.03 bits per heavy atom. The minimum atomic E-state index is -0.0588. The van der Waals surface area contributed by atoms with Crippen molar-refractivity contribution in [3.63, 3.8) is 0 Å². The number of hydrazine groups is 2. The number of nitrogens with one attached hydrogen (secondary N) is 5. The topological polar surface area (TPSA) is 80.5 Å². The average molecular weight is 471 g/mol. The highest BCUT2D eigenvalue weighted by atomic mass is 35.5. The number of fused-ring (bicyclic) bond motifs is 1. The summed E-state index contributed by atoms with van der Waals surface area (Å²) in [4.78, 5) is 13.2. The summed E-state index contributed by atoms with van der Waals surface area (Å²) in [5, 5.41) is 12.6. The highest BCUT2D eigenvalue weighted by Gasteiger charge is 2.47. The molecule has 4 aliphatic heterocycles. The van der Waals surface area contributed by atoms with Crippen LogP contribution in [-0.2, 0) is 4.79 Å². The number of thioether (sulfide) groups is 1. The second-order valence-corrected chi connectivity index (χ2v) is 12.0. The number of nitrogens with zero attached hydrogens (tertiary/aromatic N) is 1. The summed E-state index contributed by atoms with van der Waals surface area (Å²) < 4.78 is 0. The quantitative estimate of drug-likeness (QED) is 0.396. The number of hydrogen-bond donors (Lipinski definition) is 5. The molecule has 7 nitrogen and oxygen atoms in total. The van der Waals surface area contributed by atoms with Gasteiger partial charge in [0.15, 0.2) is 0 Å². The lowest BCUT2D eigenvalue weighted by atomic mass is 9.64. The molecule has 5 rings (SSSR count). The van der Waals surface area contributed by atoms with E-state index in [1.54, 1.807) is 0 Å². The molecule has 9 heteroatoms. The van der Waals surface area contributed by atoms with Crippen LogP contribution < -0.4 is 26.8 Å². The Labute approximate surface area is 195 Å². The van der Waals surface area contributed by atoms with Gasteiger partial charge in [0.05, 0.1) is 10.6 Å². The van der Waals surface area contributed by atoms with Gasteiger partial charge in [0.1, 0.15) is 6.17 Å². The maximum Gasteiger partial charge on any atom is 0.233 e. The number of carbonyl (C=O) groups is 1. The van der Waals surface area contributed by atoms with E-state index in [-0.39, 0.29) is 28.7 Å². The molecule has 4 saturated heterocycles. The fourth-order valence-electron chi connectivity index (χ4n) is 6.82. The Balaban J connectivity index is 1.14. The van der Waals surface area contributed by atoms with E-state index in [4.69, 9.17) is 11.6 Å². The van der Waals surface area contributed by atoms with Crippen molar-refractivity contribution in [3.8, 4) is 0 Å². The number of halogens is 1. The monoisotopic (exact) mass is 470 g/mol. The van der Waals surface area contributed by atoms with Gasteiger partial charge in [0.2, 0.25) is 5.91 Å². The maximum atomic E-state index is 13.2. The third-order valence-corrected chi connectivity index (χ3v) is 10.4. The first-order chi connectivity index (χ1) is 15.1. The molecule has 4 heterocycles. The molecule has 0 radical (unpaired) electrons. The molecule has 31 heavy (non-hydrogen) atoms. The number of alkyl halides is 1. The summed E-state index contributed by atoms with van der Waals surface area (Å²) in [6.07, 6.45) is 7.57. The fraction of sp³-hybridized carbons (Fsp3) is 0.955. The van der Waals surface area contributed by atoms with Gasteiger partial charge in [-0.3, -0.25) is 10.1 Å². The Bertz CT molecular complexity index is 635. The fourth-order valence-corrected chi connectivity index (χ4v) is 8.94. The molecular formula is C22H39ClN6OS. The van der Waals surface area contributed by atoms with Crippen LogP contribution in [0, 0.1) is 23.7 Å². The lowest BCUT2D eigenvalue weighted by Crippen LogP contribution is -2.64. The third-order valence-electron chi connectivity index (χ3n) is 8.41. The zero-order chi connectivity index (χ0) is 21.4. The van der Waals surface area contributed by atoms with Crippen molar-refractivity contribution in [2.45, 2.75) is 74.3 Å². The molecule has 0 aromatic rings. The molecule has 5 aliphatic rings. The van der Waals surface area contributed by atoms with Crippen molar-refractivity contribution < 1.29 is 4.79 Å². The Hall–Kier alpha value is -0.0900. The number of carbonyl (C=O) groups excluding carboxylic acids is 1. The summed E-state index contributed by atoms with van der Waals surface area (Å²) in [5.74, 6) is 4.10. The SMILES string of the molecule is CC1C(C(=O)NC2CNC(N3NCCN3)C(Cl)C2)SCC1C1CCCC2NCCCC21. The first kappa shape index (κ1) is 22.7. The van der Waals surface area contributed by atoms with E-state index in [0.29, 0.717) is 11.8 Å². The van der Waals surface area contributed by atoms with E-state index in [1.807, 2.05) is 16.9 Å². The maximum absolute atomic E-state index is 13.2. The molecule has 9 unspecified atom stereocenters. The van der Waals surface area contributed by atoms with E-state index in [0.717, 1.165) is 49.7 Å². The third kappa shape index (κ3) is 4.77. The summed E-state index contributed by atoms with van der Waals surface area (Å²) in [7, 11) is 0. The Kier molecular flexibility index (Phi) is 7.35. The van der Waals surface area contributed by atoms with E-state index in [2.05, 4.69) is 33.7 Å². The van der Waals surface area contributed by atoms with Gasteiger partial charge in [-0.15, -0.1) is 23.4 Å². The number of rotatable bonds is 4. The van der Waals surface area contributed by atoms with Gasteiger partial charge in [-0.2, -0.15) is 5.12 Å². The van der Waals surface area contributed by atoms with E-state index >= 15 is 0 Å². The second-order valence-electron chi connectivity index (χ2n) is 10.2. The number of piperidine rings is 2. The van der Waals surface area contributed by atoms with Gasteiger partial charge in [0, 0.05) is 31.7 Å². The van der Waals surface area contributed by atoms with Crippen LogP contribution in [-0.4, -0.2) is 71.8 Å². The molecule has 0 aromatic heterocycles. The lowest BCUT2D eigenvalue weighted by molar-refractivity contribution is -0.122. The predicted molar refractivity (Wildman–Crippen MR) is 127 cm³/mol. The molecule has 1 aliphatic carbocycles. The summed E-state index contributed by atoms with van der Waals surface area (Å²) >= 11 is 8.57. The molecule has 0 aromatic carbocycles. The van der Waals surface area contributed by atoms with Gasteiger partial charge in [0.25, 0.3) is 0 Å². The molecular weight excluding hydrogens is 432 g/mol. The number of hydrogen-bond acceptors (Lipinski definition) is 7. The highest BCUT2D eigenvalue weighted by molar-refractivity contribution is 8.00. The summed E-state index contributed by atoms with van der Waals surface area (Å²) in [6.45, 7) is 6.11. The van der Waals surface area contributed by atoms with Crippen molar-refractivity contribution in [1.82, 2.24) is 31.9 Å². The largest absolute Gasteiger partial charge is 0.351 e. The van der Waals surface area contributed by atoms with Gasteiger partial charge >= 0.3 is 0 Å². The minimum absolute atomic E-state index is 0.0461. The lowest BCUT2D eigenvalue weighted by Gasteiger charge is -2.45. The minimum Gasteiger partial charge on any atom is -0.351 e. The smallest absolute Gasteiger partial charge is 0.233 e. The molecule has 1 saturated carbocycles. The predicted octanol–water partition coefficient (Wildman–Crippen LogP) is 1.26. The van der Waals surface area contributed by atoms with Gasteiger partial charge in [-0.1, -0.05) is 13.3 Å². The van der Waals surface area contributed by atoms with Crippen molar-refractivity contribution >= 4 is 29.3 Å². The van der Waals surface area contributed by atoms with Crippen LogP contribution in [0.4, 0.5) is 0 Å². The van der Waals surface area contributed by atoms with Crippen LogP contribution in [0.5, 0.6) is 0 Å². The van der Waals surface area contributed by atoms with Gasteiger partial charge < -0.3 is 10.6 Å². The first-order valence-electron chi connectivity index (χ1n) is 12.4. The van der Waals surface area contributed by atoms with Crippen LogP contribution in [0.1, 0.15) is 45.4 Å². The molecule has 0 bridgehead atoms. The standard InChI is InChI=1S/C22H39ClN6OS/c1-13-17(15-4-2-6-19-16(15)5-3-7-24-19)12-31-20(13)22(30)28-14-10-18(23)21(25-11-14)29-26-8-9-27-29/h13-21,24-27H,2-12H2,1H3,(H,28,30). The van der Waals surface area contributed by atoms with Crippen molar-refractivity contribution in [1.29, 1.82) is 0 Å². The van der Waals surface area contributed by atoms with Crippen LogP contribution in [0.15, 0.2) is 0 Å². The molecule has 9 atom stereocenters. The average Bonchev–Trinajstić information content (AvgIpc) is 3.43. The van der Waals surface area contributed by atoms with Crippen LogP contribution in [0.2, 0.25) is 0 Å². The second kappa shape index (κ2) is 10.0. The van der Waals surface area contributed by atoms with E-state index in [1.165, 1.54) is 38.6 Å². The highest BCUT2D eigenvalue weighted by Crippen LogP contribution is 2.49. The van der Waals surface area contributed by atoms with Crippen molar-refractivity contribution in [2.75, 3.05) is 31.9 Å². The van der Waals surface area contributed by atoms with Gasteiger partial charge in [-0.25, -0.2) is 10.9 Å². The van der Waals surface area contributed by atoms with Crippen LogP contribution >= 0.6 is 23.4 Å². The molecule has 5 N–H and O–H groups in total. The summed E-state index contributed by atoms with van der Waals surface area (Å²) in [5.41, 5.74) is 6.60. The molecule has 1 amide bonds.